The molecule has 4 nitrogen and oxygen atoms in total. The molecule has 0 aromatic heterocycles. The highest BCUT2D eigenvalue weighted by Crippen LogP contribution is 2.28. The number of aryl methyl sites for hydroxylation is 1. The Morgan fingerprint density at radius 2 is 2.10 bits per heavy atom. The van der Waals surface area contributed by atoms with Gasteiger partial charge in [-0.15, -0.1) is 0 Å². The van der Waals surface area contributed by atoms with Crippen LogP contribution < -0.4 is 5.32 Å². The van der Waals surface area contributed by atoms with Crippen molar-refractivity contribution in [3.8, 4) is 0 Å². The van der Waals surface area contributed by atoms with E-state index in [1.165, 1.54) is 11.1 Å². The summed E-state index contributed by atoms with van der Waals surface area (Å²) in [5.41, 5.74) is 2.39. The van der Waals surface area contributed by atoms with Gasteiger partial charge < -0.3 is 9.80 Å². The molecule has 1 N–H and O–H groups in total. The topological polar surface area (TPSA) is 35.6 Å². The van der Waals surface area contributed by atoms with Crippen LogP contribution in [0.2, 0.25) is 0 Å². The molecular formula is C17H27N3O. The lowest BCUT2D eigenvalue weighted by Crippen LogP contribution is -2.39. The zero-order valence-electron chi connectivity index (χ0n) is 13.8. The molecule has 0 saturated carbocycles. The second kappa shape index (κ2) is 6.58. The van der Waals surface area contributed by atoms with Crippen LogP contribution in [0.4, 0.5) is 0 Å². The zero-order chi connectivity index (χ0) is 15.6. The maximum absolute atomic E-state index is 12.5. The minimum absolute atomic E-state index is 0.00966. The second-order valence-corrected chi connectivity index (χ2v) is 6.39. The Balaban J connectivity index is 2.20. The van der Waals surface area contributed by atoms with Crippen LogP contribution in [0.3, 0.4) is 0 Å². The van der Waals surface area contributed by atoms with Crippen molar-refractivity contribution < 1.29 is 4.79 Å². The minimum Gasteiger partial charge on any atom is -0.319 e. The van der Waals surface area contributed by atoms with Crippen LogP contribution in [-0.2, 0) is 4.79 Å². The molecule has 1 aromatic carbocycles. The van der Waals surface area contributed by atoms with Gasteiger partial charge in [0, 0.05) is 6.04 Å². The molecule has 1 aromatic rings. The first-order valence-corrected chi connectivity index (χ1v) is 7.69. The van der Waals surface area contributed by atoms with E-state index in [9.17, 15) is 4.79 Å². The number of carbonyl (C=O) groups excluding carboxylic acids is 1. The van der Waals surface area contributed by atoms with Crippen molar-refractivity contribution in [2.45, 2.75) is 45.4 Å². The first-order chi connectivity index (χ1) is 9.90. The molecule has 21 heavy (non-hydrogen) atoms. The van der Waals surface area contributed by atoms with E-state index in [2.05, 4.69) is 62.4 Å². The lowest BCUT2D eigenvalue weighted by molar-refractivity contribution is -0.132. The van der Waals surface area contributed by atoms with Crippen molar-refractivity contribution in [2.24, 2.45) is 0 Å². The molecule has 0 radical (unpaired) electrons. The Bertz CT molecular complexity index is 501. The molecule has 1 aliphatic heterocycles. The molecule has 1 heterocycles. The molecule has 4 heteroatoms. The van der Waals surface area contributed by atoms with Crippen LogP contribution in [0.5, 0.6) is 0 Å². The maximum atomic E-state index is 12.5. The predicted octanol–water partition coefficient (Wildman–Crippen LogP) is 2.15. The monoisotopic (exact) mass is 289 g/mol. The van der Waals surface area contributed by atoms with Crippen molar-refractivity contribution in [1.82, 2.24) is 15.1 Å². The summed E-state index contributed by atoms with van der Waals surface area (Å²) in [5.74, 6) is 0.202. The Labute approximate surface area is 128 Å². The molecular weight excluding hydrogens is 262 g/mol. The van der Waals surface area contributed by atoms with Crippen molar-refractivity contribution in [1.29, 1.82) is 0 Å². The van der Waals surface area contributed by atoms with Crippen LogP contribution in [0.15, 0.2) is 24.3 Å². The Kier molecular flexibility index (Phi) is 5.01. The van der Waals surface area contributed by atoms with E-state index in [1.807, 2.05) is 11.8 Å². The van der Waals surface area contributed by atoms with Gasteiger partial charge in [-0.2, -0.15) is 0 Å². The van der Waals surface area contributed by atoms with E-state index < -0.39 is 0 Å². The zero-order valence-corrected chi connectivity index (χ0v) is 13.8. The summed E-state index contributed by atoms with van der Waals surface area (Å²) < 4.78 is 0. The number of amides is 1. The number of rotatable bonds is 5. The normalized spacial score (nSPS) is 23.9. The van der Waals surface area contributed by atoms with Crippen LogP contribution in [0.25, 0.3) is 0 Å². The van der Waals surface area contributed by atoms with Gasteiger partial charge in [0.15, 0.2) is 0 Å². The molecule has 1 saturated heterocycles. The third kappa shape index (κ3) is 3.63. The van der Waals surface area contributed by atoms with E-state index in [4.69, 9.17) is 0 Å². The third-order valence-corrected chi connectivity index (χ3v) is 4.14. The van der Waals surface area contributed by atoms with Crippen LogP contribution in [0, 0.1) is 6.92 Å². The maximum Gasteiger partial charge on any atom is 0.241 e. The van der Waals surface area contributed by atoms with Gasteiger partial charge >= 0.3 is 0 Å². The van der Waals surface area contributed by atoms with Gasteiger partial charge in [0.1, 0.15) is 6.17 Å². The summed E-state index contributed by atoms with van der Waals surface area (Å²) in [5, 5.41) is 3.43. The molecule has 1 fully saturated rings. The lowest BCUT2D eigenvalue weighted by atomic mass is 10.1. The Hall–Kier alpha value is -1.39. The number of hydrogen-bond donors (Lipinski definition) is 1. The SMILES string of the molecule is Cc1cccc(C2NC(C)C(=O)N2C(C)CCN(C)C)c1. The van der Waals surface area contributed by atoms with Crippen LogP contribution in [0.1, 0.15) is 37.6 Å². The second-order valence-electron chi connectivity index (χ2n) is 6.39. The largest absolute Gasteiger partial charge is 0.319 e. The summed E-state index contributed by atoms with van der Waals surface area (Å²) in [6.45, 7) is 7.16. The van der Waals surface area contributed by atoms with Crippen LogP contribution >= 0.6 is 0 Å². The average Bonchev–Trinajstić information content (AvgIpc) is 2.72. The summed E-state index contributed by atoms with van der Waals surface area (Å²) in [6, 6.07) is 8.52. The highest BCUT2D eigenvalue weighted by atomic mass is 16.2. The van der Waals surface area contributed by atoms with Gasteiger partial charge in [-0.05, 0) is 53.4 Å². The summed E-state index contributed by atoms with van der Waals surface area (Å²) >= 11 is 0. The van der Waals surface area contributed by atoms with Crippen molar-refractivity contribution in [2.75, 3.05) is 20.6 Å². The molecule has 0 spiro atoms. The molecule has 1 aliphatic rings. The fourth-order valence-corrected chi connectivity index (χ4v) is 2.89. The predicted molar refractivity (Wildman–Crippen MR) is 86.0 cm³/mol. The van der Waals surface area contributed by atoms with Crippen molar-refractivity contribution >= 4 is 5.91 Å². The fraction of sp³-hybridized carbons (Fsp3) is 0.588. The standard InChI is InChI=1S/C17H27N3O/c1-12-7-6-8-15(11-12)16-18-14(3)17(21)20(16)13(2)9-10-19(4)5/h6-8,11,13-14,16,18H,9-10H2,1-5H3. The minimum atomic E-state index is -0.114. The molecule has 116 valence electrons. The molecule has 0 aliphatic carbocycles. The molecule has 2 rings (SSSR count). The Morgan fingerprint density at radius 1 is 1.38 bits per heavy atom. The summed E-state index contributed by atoms with van der Waals surface area (Å²) in [6.07, 6.45) is 0.972. The quantitative estimate of drug-likeness (QED) is 0.902. The van der Waals surface area contributed by atoms with Gasteiger partial charge in [0.2, 0.25) is 5.91 Å². The fourth-order valence-electron chi connectivity index (χ4n) is 2.89. The average molecular weight is 289 g/mol. The van der Waals surface area contributed by atoms with Gasteiger partial charge in [-0.3, -0.25) is 10.1 Å². The van der Waals surface area contributed by atoms with Gasteiger partial charge in [0.05, 0.1) is 6.04 Å². The van der Waals surface area contributed by atoms with Crippen molar-refractivity contribution in [3.05, 3.63) is 35.4 Å². The van der Waals surface area contributed by atoms with Crippen molar-refractivity contribution in [3.63, 3.8) is 0 Å². The van der Waals surface area contributed by atoms with E-state index >= 15 is 0 Å². The Morgan fingerprint density at radius 3 is 2.71 bits per heavy atom. The van der Waals surface area contributed by atoms with Gasteiger partial charge in [-0.1, -0.05) is 29.8 Å². The first kappa shape index (κ1) is 16.0. The van der Waals surface area contributed by atoms with Crippen LogP contribution in [-0.4, -0.2) is 48.4 Å². The number of nitrogens with one attached hydrogen (secondary N) is 1. The number of benzene rings is 1. The number of carbonyl (C=O) groups is 1. The smallest absolute Gasteiger partial charge is 0.241 e. The molecule has 0 bridgehead atoms. The number of hydrogen-bond acceptors (Lipinski definition) is 3. The highest BCUT2D eigenvalue weighted by molar-refractivity contribution is 5.84. The van der Waals surface area contributed by atoms with E-state index in [0.29, 0.717) is 0 Å². The van der Waals surface area contributed by atoms with E-state index in [-0.39, 0.29) is 24.2 Å². The number of nitrogens with zero attached hydrogens (tertiary/aromatic N) is 2. The lowest BCUT2D eigenvalue weighted by Gasteiger charge is -2.31. The summed E-state index contributed by atoms with van der Waals surface area (Å²) in [4.78, 5) is 16.7. The first-order valence-electron chi connectivity index (χ1n) is 7.69. The van der Waals surface area contributed by atoms with Gasteiger partial charge in [0.25, 0.3) is 0 Å². The highest BCUT2D eigenvalue weighted by Gasteiger charge is 2.39. The van der Waals surface area contributed by atoms with E-state index in [0.717, 1.165) is 13.0 Å². The molecule has 1 amide bonds. The third-order valence-electron chi connectivity index (χ3n) is 4.14. The summed E-state index contributed by atoms with van der Waals surface area (Å²) in [7, 11) is 4.13. The molecule has 3 unspecified atom stereocenters. The molecule has 3 atom stereocenters. The van der Waals surface area contributed by atoms with Gasteiger partial charge in [-0.25, -0.2) is 0 Å². The van der Waals surface area contributed by atoms with E-state index in [1.54, 1.807) is 0 Å².